The van der Waals surface area contributed by atoms with Crippen LogP contribution in [0.15, 0.2) is 0 Å². The first-order valence-corrected chi connectivity index (χ1v) is 4.26. The summed E-state index contributed by atoms with van der Waals surface area (Å²) < 4.78 is 0. The molecule has 0 aromatic rings. The van der Waals surface area contributed by atoms with Gasteiger partial charge in [-0.3, -0.25) is 4.84 Å². The Hall–Kier alpha value is -0.520. The molecule has 0 aromatic heterocycles. The van der Waals surface area contributed by atoms with Crippen LogP contribution in [-0.2, 0) is 4.84 Å². The van der Waals surface area contributed by atoms with Gasteiger partial charge in [-0.15, -0.1) is 11.6 Å². The molecule has 0 atom stereocenters. The van der Waals surface area contributed by atoms with Crippen LogP contribution in [0.3, 0.4) is 0 Å². The fraction of sp³-hybridized carbons (Fsp3) is 0.833. The van der Waals surface area contributed by atoms with E-state index >= 15 is 0 Å². The molecule has 1 saturated heterocycles. The Bertz CT molecular complexity index is 126. The summed E-state index contributed by atoms with van der Waals surface area (Å²) in [7, 11) is 0. The summed E-state index contributed by atoms with van der Waals surface area (Å²) in [4.78, 5) is 16.5. The third-order valence-corrected chi connectivity index (χ3v) is 1.32. The standard InChI is InChI=1S/C5H10N2O3.CH3Cl/c8-5(9)7-2-1-6-10-4-3-7;1-2/h6H,1-4H2,(H,8,9);1H3. The van der Waals surface area contributed by atoms with E-state index in [1.54, 1.807) is 0 Å². The first-order valence-electron chi connectivity index (χ1n) is 3.51. The van der Waals surface area contributed by atoms with E-state index in [0.717, 1.165) is 0 Å². The van der Waals surface area contributed by atoms with E-state index in [4.69, 9.17) is 9.94 Å². The summed E-state index contributed by atoms with van der Waals surface area (Å²) in [6.07, 6.45) is 0.590. The lowest BCUT2D eigenvalue weighted by molar-refractivity contribution is 0.0547. The summed E-state index contributed by atoms with van der Waals surface area (Å²) in [6.45, 7) is 1.93. The highest BCUT2D eigenvalue weighted by Crippen LogP contribution is 1.91. The topological polar surface area (TPSA) is 61.8 Å². The van der Waals surface area contributed by atoms with Gasteiger partial charge >= 0.3 is 6.09 Å². The first kappa shape index (κ1) is 11.5. The molecular weight excluding hydrogens is 184 g/mol. The minimum absolute atomic E-state index is 0.423. The van der Waals surface area contributed by atoms with Crippen LogP contribution < -0.4 is 5.48 Å². The molecule has 0 unspecified atom stereocenters. The van der Waals surface area contributed by atoms with Crippen molar-refractivity contribution in [1.29, 1.82) is 0 Å². The summed E-state index contributed by atoms with van der Waals surface area (Å²) in [5, 5.41) is 8.51. The molecule has 6 heteroatoms. The first-order chi connectivity index (χ1) is 5.80. The van der Waals surface area contributed by atoms with Gasteiger partial charge in [-0.1, -0.05) is 0 Å². The second-order valence-corrected chi connectivity index (χ2v) is 2.01. The van der Waals surface area contributed by atoms with Gasteiger partial charge in [-0.2, -0.15) is 0 Å². The highest BCUT2D eigenvalue weighted by molar-refractivity contribution is 6.15. The number of rotatable bonds is 0. The van der Waals surface area contributed by atoms with Gasteiger partial charge in [0.1, 0.15) is 0 Å². The van der Waals surface area contributed by atoms with E-state index in [0.29, 0.717) is 26.2 Å². The van der Waals surface area contributed by atoms with Crippen molar-refractivity contribution >= 4 is 17.7 Å². The Morgan fingerprint density at radius 3 is 2.83 bits per heavy atom. The SMILES string of the molecule is CCl.O=C(O)N1CCNOCC1. The fourth-order valence-electron chi connectivity index (χ4n) is 0.784. The Balaban J connectivity index is 0.000000561. The maximum Gasteiger partial charge on any atom is 0.407 e. The largest absolute Gasteiger partial charge is 0.465 e. The zero-order valence-corrected chi connectivity index (χ0v) is 7.67. The lowest BCUT2D eigenvalue weighted by Crippen LogP contribution is -2.33. The molecule has 0 saturated carbocycles. The van der Waals surface area contributed by atoms with Gasteiger partial charge < -0.3 is 10.0 Å². The summed E-state index contributed by atoms with van der Waals surface area (Å²) in [6, 6.07) is 0. The van der Waals surface area contributed by atoms with Gasteiger partial charge in [0.05, 0.1) is 6.61 Å². The molecule has 1 rings (SSSR count). The molecule has 2 N–H and O–H groups in total. The van der Waals surface area contributed by atoms with E-state index < -0.39 is 6.09 Å². The molecule has 1 aliphatic heterocycles. The van der Waals surface area contributed by atoms with Crippen molar-refractivity contribution in [2.24, 2.45) is 0 Å². The number of amides is 1. The minimum Gasteiger partial charge on any atom is -0.465 e. The van der Waals surface area contributed by atoms with Crippen molar-refractivity contribution in [3.05, 3.63) is 0 Å². The normalized spacial score (nSPS) is 17.3. The minimum atomic E-state index is -0.882. The van der Waals surface area contributed by atoms with Crippen LogP contribution in [0.5, 0.6) is 0 Å². The molecule has 1 fully saturated rings. The van der Waals surface area contributed by atoms with Crippen LogP contribution in [0.4, 0.5) is 4.79 Å². The number of carboxylic acid groups (broad SMARTS) is 1. The average molecular weight is 197 g/mol. The number of nitrogens with one attached hydrogen (secondary N) is 1. The zero-order chi connectivity index (χ0) is 9.40. The quantitative estimate of drug-likeness (QED) is 0.549. The monoisotopic (exact) mass is 196 g/mol. The molecule has 0 spiro atoms. The van der Waals surface area contributed by atoms with E-state index in [9.17, 15) is 4.79 Å². The Morgan fingerprint density at radius 2 is 2.25 bits per heavy atom. The second kappa shape index (κ2) is 7.15. The number of hydrogen-bond acceptors (Lipinski definition) is 3. The van der Waals surface area contributed by atoms with Gasteiger partial charge in [0, 0.05) is 26.0 Å². The number of nitrogens with zero attached hydrogens (tertiary/aromatic N) is 1. The van der Waals surface area contributed by atoms with Gasteiger partial charge in [0.2, 0.25) is 0 Å². The zero-order valence-electron chi connectivity index (χ0n) is 6.92. The molecule has 0 aliphatic carbocycles. The van der Waals surface area contributed by atoms with Crippen molar-refractivity contribution in [2.45, 2.75) is 0 Å². The van der Waals surface area contributed by atoms with Crippen molar-refractivity contribution < 1.29 is 14.7 Å². The molecule has 0 aromatic carbocycles. The summed E-state index contributed by atoms with van der Waals surface area (Å²) in [5.74, 6) is 0. The van der Waals surface area contributed by atoms with E-state index in [2.05, 4.69) is 17.1 Å². The number of halogens is 1. The number of hydrogen-bond donors (Lipinski definition) is 2. The second-order valence-electron chi connectivity index (χ2n) is 2.01. The number of hydroxylamine groups is 1. The lowest BCUT2D eigenvalue weighted by Gasteiger charge is -2.13. The summed E-state index contributed by atoms with van der Waals surface area (Å²) in [5.41, 5.74) is 2.63. The molecule has 5 nitrogen and oxygen atoms in total. The number of alkyl halides is 1. The molecule has 1 amide bonds. The van der Waals surface area contributed by atoms with Crippen LogP contribution in [-0.4, -0.2) is 48.7 Å². The van der Waals surface area contributed by atoms with Crippen molar-refractivity contribution in [2.75, 3.05) is 32.6 Å². The van der Waals surface area contributed by atoms with Crippen LogP contribution >= 0.6 is 11.6 Å². The molecule has 0 bridgehead atoms. The van der Waals surface area contributed by atoms with Crippen LogP contribution in [0.1, 0.15) is 0 Å². The molecule has 1 aliphatic rings. The van der Waals surface area contributed by atoms with Crippen molar-refractivity contribution in [1.82, 2.24) is 10.4 Å². The Kier molecular flexibility index (Phi) is 6.84. The summed E-state index contributed by atoms with van der Waals surface area (Å²) >= 11 is 4.64. The van der Waals surface area contributed by atoms with Gasteiger partial charge in [0.15, 0.2) is 0 Å². The molecule has 0 radical (unpaired) electrons. The maximum absolute atomic E-state index is 10.3. The molecular formula is C6H13ClN2O3. The van der Waals surface area contributed by atoms with E-state index in [-0.39, 0.29) is 0 Å². The lowest BCUT2D eigenvalue weighted by atomic mass is 10.5. The van der Waals surface area contributed by atoms with E-state index in [1.807, 2.05) is 0 Å². The third-order valence-electron chi connectivity index (χ3n) is 1.32. The maximum atomic E-state index is 10.3. The highest BCUT2D eigenvalue weighted by atomic mass is 35.5. The van der Waals surface area contributed by atoms with Gasteiger partial charge in [-0.25, -0.2) is 10.3 Å². The highest BCUT2D eigenvalue weighted by Gasteiger charge is 2.12. The van der Waals surface area contributed by atoms with Gasteiger partial charge in [-0.05, 0) is 0 Å². The predicted molar refractivity (Wildman–Crippen MR) is 45.3 cm³/mol. The van der Waals surface area contributed by atoms with Crippen molar-refractivity contribution in [3.63, 3.8) is 0 Å². The van der Waals surface area contributed by atoms with E-state index in [1.165, 1.54) is 11.3 Å². The van der Waals surface area contributed by atoms with Crippen LogP contribution in [0, 0.1) is 0 Å². The van der Waals surface area contributed by atoms with Crippen LogP contribution in [0.25, 0.3) is 0 Å². The Labute approximate surface area is 76.2 Å². The average Bonchev–Trinajstić information content (AvgIpc) is 2.35. The predicted octanol–water partition coefficient (Wildman–Crippen LogP) is 0.356. The number of carbonyl (C=O) groups is 1. The van der Waals surface area contributed by atoms with Crippen LogP contribution in [0.2, 0.25) is 0 Å². The Morgan fingerprint density at radius 1 is 1.58 bits per heavy atom. The van der Waals surface area contributed by atoms with Gasteiger partial charge in [0.25, 0.3) is 0 Å². The smallest absolute Gasteiger partial charge is 0.407 e. The van der Waals surface area contributed by atoms with Crippen molar-refractivity contribution in [3.8, 4) is 0 Å². The fourth-order valence-corrected chi connectivity index (χ4v) is 0.784. The molecule has 12 heavy (non-hydrogen) atoms. The third kappa shape index (κ3) is 4.38. The molecule has 72 valence electrons. The molecule has 1 heterocycles.